The summed E-state index contributed by atoms with van der Waals surface area (Å²) in [5, 5.41) is 3.09. The molecule has 25 heavy (non-hydrogen) atoms. The highest BCUT2D eigenvalue weighted by Gasteiger charge is 2.31. The van der Waals surface area contributed by atoms with Crippen LogP contribution in [0.15, 0.2) is 58.2 Å². The van der Waals surface area contributed by atoms with Gasteiger partial charge in [-0.25, -0.2) is 13.4 Å². The average Bonchev–Trinajstić information content (AvgIpc) is 3.03. The molecular weight excluding hydrogens is 359 g/mol. The molecule has 6 nitrogen and oxygen atoms in total. The normalized spacial score (nSPS) is 12.3. The Labute approximate surface area is 140 Å². The van der Waals surface area contributed by atoms with Crippen molar-refractivity contribution in [2.45, 2.75) is 17.0 Å². The summed E-state index contributed by atoms with van der Waals surface area (Å²) in [7, 11) is -4.01. The molecule has 0 N–H and O–H groups in total. The summed E-state index contributed by atoms with van der Waals surface area (Å²) in [6.45, 7) is 0. The summed E-state index contributed by atoms with van der Waals surface area (Å²) in [4.78, 5) is 7.37. The lowest BCUT2D eigenvalue weighted by atomic mass is 10.2. The van der Waals surface area contributed by atoms with Crippen molar-refractivity contribution in [2.75, 3.05) is 0 Å². The number of benzene rings is 1. The largest absolute Gasteiger partial charge is 0.417 e. The van der Waals surface area contributed by atoms with Gasteiger partial charge in [-0.15, -0.1) is 0 Å². The summed E-state index contributed by atoms with van der Waals surface area (Å²) in [5.41, 5.74) is -0.413. The highest BCUT2D eigenvalue weighted by atomic mass is 32.2. The molecule has 130 valence electrons. The standard InChI is InChI=1S/C15H10F3N3O3S/c16-15(17,18)11-6-7-13(19-8-11)25(22,23)9-12-20-14(24-21-12)10-4-2-1-3-5-10/h1-8H,9H2. The Bertz CT molecular complexity index is 969. The molecule has 0 fully saturated rings. The molecule has 2 aromatic heterocycles. The molecule has 0 spiro atoms. The van der Waals surface area contributed by atoms with Crippen molar-refractivity contribution in [1.29, 1.82) is 0 Å². The minimum Gasteiger partial charge on any atom is -0.334 e. The van der Waals surface area contributed by atoms with Gasteiger partial charge in [0.1, 0.15) is 5.75 Å². The monoisotopic (exact) mass is 369 g/mol. The Kier molecular flexibility index (Phi) is 4.29. The van der Waals surface area contributed by atoms with Crippen LogP contribution in [0.1, 0.15) is 11.4 Å². The third-order valence-corrected chi connectivity index (χ3v) is 4.71. The zero-order chi connectivity index (χ0) is 18.1. The van der Waals surface area contributed by atoms with Crippen molar-refractivity contribution in [3.05, 3.63) is 60.0 Å². The fraction of sp³-hybridized carbons (Fsp3) is 0.133. The van der Waals surface area contributed by atoms with Crippen LogP contribution < -0.4 is 0 Å². The molecule has 0 bridgehead atoms. The number of hydrogen-bond donors (Lipinski definition) is 0. The second kappa shape index (κ2) is 6.28. The Morgan fingerprint density at radius 1 is 1.04 bits per heavy atom. The molecule has 1 aromatic carbocycles. The molecule has 0 aliphatic heterocycles. The maximum absolute atomic E-state index is 12.5. The SMILES string of the molecule is O=S(=O)(Cc1noc(-c2ccccc2)n1)c1ccc(C(F)(F)F)cn1. The Morgan fingerprint density at radius 2 is 1.76 bits per heavy atom. The number of pyridine rings is 1. The molecule has 10 heteroatoms. The lowest BCUT2D eigenvalue weighted by molar-refractivity contribution is -0.137. The molecular formula is C15H10F3N3O3S. The highest BCUT2D eigenvalue weighted by molar-refractivity contribution is 7.90. The molecule has 0 saturated heterocycles. The fourth-order valence-corrected chi connectivity index (χ4v) is 3.08. The van der Waals surface area contributed by atoms with Crippen LogP contribution in [0.25, 0.3) is 11.5 Å². The van der Waals surface area contributed by atoms with Crippen LogP contribution in [0.4, 0.5) is 13.2 Å². The summed E-state index contributed by atoms with van der Waals surface area (Å²) in [6.07, 6.45) is -4.12. The molecule has 0 aliphatic rings. The Balaban J connectivity index is 1.81. The number of rotatable bonds is 4. The van der Waals surface area contributed by atoms with Crippen molar-refractivity contribution in [2.24, 2.45) is 0 Å². The van der Waals surface area contributed by atoms with Crippen molar-refractivity contribution < 1.29 is 26.1 Å². The van der Waals surface area contributed by atoms with Crippen LogP contribution >= 0.6 is 0 Å². The molecule has 3 rings (SSSR count). The molecule has 0 unspecified atom stereocenters. The summed E-state index contributed by atoms with van der Waals surface area (Å²) in [6, 6.07) is 10.2. The second-order valence-electron chi connectivity index (χ2n) is 5.02. The predicted molar refractivity (Wildman–Crippen MR) is 79.9 cm³/mol. The smallest absolute Gasteiger partial charge is 0.334 e. The van der Waals surface area contributed by atoms with E-state index >= 15 is 0 Å². The van der Waals surface area contributed by atoms with Gasteiger partial charge in [0, 0.05) is 11.8 Å². The molecule has 0 radical (unpaired) electrons. The average molecular weight is 369 g/mol. The molecule has 0 aliphatic carbocycles. The first-order valence-corrected chi connectivity index (χ1v) is 8.55. The first kappa shape index (κ1) is 17.1. The summed E-state index contributed by atoms with van der Waals surface area (Å²) >= 11 is 0. The summed E-state index contributed by atoms with van der Waals surface area (Å²) in [5.74, 6) is -0.603. The number of nitrogens with zero attached hydrogens (tertiary/aromatic N) is 3. The van der Waals surface area contributed by atoms with E-state index in [2.05, 4.69) is 15.1 Å². The van der Waals surface area contributed by atoms with Crippen molar-refractivity contribution in [3.63, 3.8) is 0 Å². The van der Waals surface area contributed by atoms with Gasteiger partial charge in [0.05, 0.1) is 5.56 Å². The van der Waals surface area contributed by atoms with Gasteiger partial charge in [-0.05, 0) is 24.3 Å². The molecule has 3 aromatic rings. The number of alkyl halides is 3. The van der Waals surface area contributed by atoms with E-state index in [1.165, 1.54) is 0 Å². The maximum Gasteiger partial charge on any atom is 0.417 e. The molecule has 0 amide bonds. The van der Waals surface area contributed by atoms with E-state index in [1.807, 2.05) is 0 Å². The second-order valence-corrected chi connectivity index (χ2v) is 6.96. The van der Waals surface area contributed by atoms with E-state index in [1.54, 1.807) is 30.3 Å². The third-order valence-electron chi connectivity index (χ3n) is 3.19. The maximum atomic E-state index is 12.5. The number of hydrogen-bond acceptors (Lipinski definition) is 6. The zero-order valence-corrected chi connectivity index (χ0v) is 13.3. The van der Waals surface area contributed by atoms with Gasteiger partial charge in [-0.3, -0.25) is 0 Å². The molecule has 0 saturated carbocycles. The van der Waals surface area contributed by atoms with Gasteiger partial charge in [-0.2, -0.15) is 18.2 Å². The number of sulfone groups is 1. The van der Waals surface area contributed by atoms with Crippen LogP contribution in [0, 0.1) is 0 Å². The minimum absolute atomic E-state index is 0.111. The van der Waals surface area contributed by atoms with Crippen LogP contribution in [0.3, 0.4) is 0 Å². The lowest BCUT2D eigenvalue weighted by Gasteiger charge is -2.06. The van der Waals surface area contributed by atoms with Crippen LogP contribution in [-0.2, 0) is 21.8 Å². The first-order chi connectivity index (χ1) is 11.8. The van der Waals surface area contributed by atoms with Gasteiger partial charge in [0.25, 0.3) is 5.89 Å². The van der Waals surface area contributed by atoms with Crippen molar-refractivity contribution in [3.8, 4) is 11.5 Å². The third kappa shape index (κ3) is 3.85. The molecule has 0 atom stereocenters. The fourth-order valence-electron chi connectivity index (χ4n) is 1.99. The summed E-state index contributed by atoms with van der Waals surface area (Å²) < 4.78 is 67.0. The topological polar surface area (TPSA) is 86.0 Å². The van der Waals surface area contributed by atoms with Gasteiger partial charge in [0.15, 0.2) is 10.9 Å². The lowest BCUT2D eigenvalue weighted by Crippen LogP contribution is -2.11. The van der Waals surface area contributed by atoms with E-state index in [-0.39, 0.29) is 11.7 Å². The van der Waals surface area contributed by atoms with Gasteiger partial charge >= 0.3 is 6.18 Å². The van der Waals surface area contributed by atoms with Gasteiger partial charge in [-0.1, -0.05) is 23.4 Å². The Morgan fingerprint density at radius 3 is 2.36 bits per heavy atom. The number of aromatic nitrogens is 3. The Hall–Kier alpha value is -2.75. The van der Waals surface area contributed by atoms with E-state index < -0.39 is 32.4 Å². The van der Waals surface area contributed by atoms with E-state index in [9.17, 15) is 21.6 Å². The van der Waals surface area contributed by atoms with Gasteiger partial charge < -0.3 is 4.52 Å². The van der Waals surface area contributed by atoms with Gasteiger partial charge in [0.2, 0.25) is 9.84 Å². The zero-order valence-electron chi connectivity index (χ0n) is 12.4. The van der Waals surface area contributed by atoms with E-state index in [0.29, 0.717) is 17.8 Å². The minimum atomic E-state index is -4.59. The number of halogens is 3. The first-order valence-electron chi connectivity index (χ1n) is 6.90. The quantitative estimate of drug-likeness (QED) is 0.702. The highest BCUT2D eigenvalue weighted by Crippen LogP contribution is 2.29. The predicted octanol–water partition coefficient (Wildman–Crippen LogP) is 3.12. The van der Waals surface area contributed by atoms with E-state index in [4.69, 9.17) is 4.52 Å². The van der Waals surface area contributed by atoms with Crippen molar-refractivity contribution >= 4 is 9.84 Å². The van der Waals surface area contributed by atoms with Crippen LogP contribution in [-0.4, -0.2) is 23.5 Å². The van der Waals surface area contributed by atoms with E-state index in [0.717, 1.165) is 6.07 Å². The van der Waals surface area contributed by atoms with Crippen LogP contribution in [0.2, 0.25) is 0 Å². The van der Waals surface area contributed by atoms with Crippen LogP contribution in [0.5, 0.6) is 0 Å². The molecule has 2 heterocycles. The van der Waals surface area contributed by atoms with Crippen molar-refractivity contribution in [1.82, 2.24) is 15.1 Å².